The second kappa shape index (κ2) is 8.04. The fourth-order valence-electron chi connectivity index (χ4n) is 1.23. The third-order valence-electron chi connectivity index (χ3n) is 2.01. The minimum Gasteiger partial charge on any atom is -0.379 e. The summed E-state index contributed by atoms with van der Waals surface area (Å²) in [6.45, 7) is 4.56. The van der Waals surface area contributed by atoms with Crippen LogP contribution in [0.25, 0.3) is 0 Å². The molecule has 0 bridgehead atoms. The van der Waals surface area contributed by atoms with Gasteiger partial charge in [0.1, 0.15) is 5.82 Å². The van der Waals surface area contributed by atoms with E-state index in [2.05, 4.69) is 17.3 Å². The summed E-state index contributed by atoms with van der Waals surface area (Å²) >= 11 is 0. The van der Waals surface area contributed by atoms with Gasteiger partial charge in [-0.2, -0.15) is 0 Å². The summed E-state index contributed by atoms with van der Waals surface area (Å²) in [5, 5.41) is 0. The molecule has 0 unspecified atom stereocenters. The highest BCUT2D eigenvalue weighted by atomic mass is 16.5. The second-order valence-corrected chi connectivity index (χ2v) is 3.32. The number of nitrogens with one attached hydrogen (secondary N) is 1. The summed E-state index contributed by atoms with van der Waals surface area (Å²) in [5.41, 5.74) is 3.48. The molecule has 5 heteroatoms. The van der Waals surface area contributed by atoms with Gasteiger partial charge in [-0.05, 0) is 12.5 Å². The van der Waals surface area contributed by atoms with Gasteiger partial charge in [0.15, 0.2) is 0 Å². The summed E-state index contributed by atoms with van der Waals surface area (Å²) < 4.78 is 10.7. The smallest absolute Gasteiger partial charge is 0.145 e. The van der Waals surface area contributed by atoms with E-state index in [9.17, 15) is 0 Å². The Morgan fingerprint density at radius 2 is 2.12 bits per heavy atom. The highest BCUT2D eigenvalue weighted by molar-refractivity contribution is 5.41. The van der Waals surface area contributed by atoms with E-state index in [1.54, 1.807) is 6.20 Å². The van der Waals surface area contributed by atoms with Crippen LogP contribution in [-0.2, 0) is 16.1 Å². The lowest BCUT2D eigenvalue weighted by Gasteiger charge is -2.08. The average molecular weight is 225 g/mol. The van der Waals surface area contributed by atoms with Crippen LogP contribution in [0.15, 0.2) is 18.3 Å². The van der Waals surface area contributed by atoms with Crippen molar-refractivity contribution in [3.05, 3.63) is 23.9 Å². The Balaban J connectivity index is 2.21. The number of ether oxygens (including phenoxy) is 2. The van der Waals surface area contributed by atoms with Crippen molar-refractivity contribution in [2.24, 2.45) is 5.84 Å². The lowest BCUT2D eigenvalue weighted by molar-refractivity contribution is 0.0409. The molecule has 0 saturated heterocycles. The Morgan fingerprint density at radius 3 is 2.88 bits per heavy atom. The van der Waals surface area contributed by atoms with Crippen molar-refractivity contribution < 1.29 is 9.47 Å². The fourth-order valence-corrected chi connectivity index (χ4v) is 1.23. The summed E-state index contributed by atoms with van der Waals surface area (Å²) in [5.74, 6) is 5.98. The van der Waals surface area contributed by atoms with Crippen molar-refractivity contribution in [3.8, 4) is 0 Å². The van der Waals surface area contributed by atoms with E-state index in [4.69, 9.17) is 15.3 Å². The molecule has 5 nitrogen and oxygen atoms in total. The van der Waals surface area contributed by atoms with E-state index < -0.39 is 0 Å². The number of rotatable bonds is 8. The molecule has 0 fully saturated rings. The predicted octanol–water partition coefficient (Wildman–Crippen LogP) is 1.31. The molecule has 0 spiro atoms. The fraction of sp³-hybridized carbons (Fsp3) is 0.545. The van der Waals surface area contributed by atoms with Crippen molar-refractivity contribution in [3.63, 3.8) is 0 Å². The number of anilines is 1. The maximum Gasteiger partial charge on any atom is 0.145 e. The van der Waals surface area contributed by atoms with Crippen LogP contribution < -0.4 is 11.3 Å². The SMILES string of the molecule is CCCOCCOCc1cccnc1NN. The second-order valence-electron chi connectivity index (χ2n) is 3.32. The standard InChI is InChI=1S/C11H19N3O2/c1-2-6-15-7-8-16-9-10-4-3-5-13-11(10)14-12/h3-5H,2,6-9,12H2,1H3,(H,13,14). The van der Waals surface area contributed by atoms with E-state index in [-0.39, 0.29) is 0 Å². The van der Waals surface area contributed by atoms with Gasteiger partial charge >= 0.3 is 0 Å². The van der Waals surface area contributed by atoms with Gasteiger partial charge in [0.2, 0.25) is 0 Å². The Bertz CT molecular complexity index is 294. The number of hydrogen-bond acceptors (Lipinski definition) is 5. The number of nitrogens with zero attached hydrogens (tertiary/aromatic N) is 1. The topological polar surface area (TPSA) is 69.4 Å². The van der Waals surface area contributed by atoms with Crippen LogP contribution in [0.5, 0.6) is 0 Å². The summed E-state index contributed by atoms with van der Waals surface area (Å²) in [7, 11) is 0. The summed E-state index contributed by atoms with van der Waals surface area (Å²) in [6.07, 6.45) is 2.72. The molecular formula is C11H19N3O2. The Kier molecular flexibility index (Phi) is 6.48. The Morgan fingerprint density at radius 1 is 1.31 bits per heavy atom. The van der Waals surface area contributed by atoms with Crippen LogP contribution in [0.2, 0.25) is 0 Å². The monoisotopic (exact) mass is 225 g/mol. The number of nitrogen functional groups attached to an aromatic ring is 1. The zero-order chi connectivity index (χ0) is 11.6. The molecule has 1 aromatic heterocycles. The molecule has 0 aliphatic heterocycles. The number of aromatic nitrogens is 1. The molecule has 0 aliphatic carbocycles. The molecule has 0 radical (unpaired) electrons. The molecule has 0 amide bonds. The molecule has 3 N–H and O–H groups in total. The number of pyridine rings is 1. The normalized spacial score (nSPS) is 10.4. The van der Waals surface area contributed by atoms with Gasteiger partial charge in [-0.15, -0.1) is 0 Å². The summed E-state index contributed by atoms with van der Waals surface area (Å²) in [6, 6.07) is 3.78. The molecule has 1 aromatic rings. The van der Waals surface area contributed by atoms with E-state index in [0.717, 1.165) is 18.6 Å². The van der Waals surface area contributed by atoms with Gasteiger partial charge in [-0.3, -0.25) is 0 Å². The highest BCUT2D eigenvalue weighted by Crippen LogP contribution is 2.10. The minimum atomic E-state index is 0.489. The third-order valence-corrected chi connectivity index (χ3v) is 2.01. The molecule has 90 valence electrons. The average Bonchev–Trinajstić information content (AvgIpc) is 2.34. The number of hydrogen-bond donors (Lipinski definition) is 2. The summed E-state index contributed by atoms with van der Waals surface area (Å²) in [4.78, 5) is 4.08. The van der Waals surface area contributed by atoms with Crippen molar-refractivity contribution in [2.75, 3.05) is 25.2 Å². The largest absolute Gasteiger partial charge is 0.379 e. The first kappa shape index (κ1) is 12.9. The maximum absolute atomic E-state index is 5.45. The van der Waals surface area contributed by atoms with Crippen LogP contribution in [0.4, 0.5) is 5.82 Å². The van der Waals surface area contributed by atoms with Crippen LogP contribution in [0.3, 0.4) is 0 Å². The minimum absolute atomic E-state index is 0.489. The lowest BCUT2D eigenvalue weighted by atomic mass is 10.3. The lowest BCUT2D eigenvalue weighted by Crippen LogP contribution is -2.12. The molecule has 0 aliphatic rings. The van der Waals surface area contributed by atoms with Gasteiger partial charge < -0.3 is 14.9 Å². The van der Waals surface area contributed by atoms with Crippen LogP contribution >= 0.6 is 0 Å². The van der Waals surface area contributed by atoms with Gasteiger partial charge in [0.25, 0.3) is 0 Å². The maximum atomic E-state index is 5.45. The predicted molar refractivity (Wildman–Crippen MR) is 62.8 cm³/mol. The van der Waals surface area contributed by atoms with Crippen LogP contribution in [-0.4, -0.2) is 24.8 Å². The van der Waals surface area contributed by atoms with Gasteiger partial charge in [0.05, 0.1) is 19.8 Å². The van der Waals surface area contributed by atoms with E-state index >= 15 is 0 Å². The molecule has 0 atom stereocenters. The van der Waals surface area contributed by atoms with Crippen molar-refractivity contribution in [2.45, 2.75) is 20.0 Å². The first-order valence-corrected chi connectivity index (χ1v) is 5.44. The van der Waals surface area contributed by atoms with Crippen LogP contribution in [0.1, 0.15) is 18.9 Å². The number of nitrogens with two attached hydrogens (primary N) is 1. The van der Waals surface area contributed by atoms with Gasteiger partial charge in [-0.1, -0.05) is 13.0 Å². The highest BCUT2D eigenvalue weighted by Gasteiger charge is 2.00. The number of hydrazine groups is 1. The first-order valence-electron chi connectivity index (χ1n) is 5.44. The first-order chi connectivity index (χ1) is 7.88. The Hall–Kier alpha value is -1.17. The molecule has 1 heterocycles. The molecule has 16 heavy (non-hydrogen) atoms. The van der Waals surface area contributed by atoms with Gasteiger partial charge in [0, 0.05) is 18.4 Å². The third kappa shape index (κ3) is 4.57. The molecule has 1 rings (SSSR count). The zero-order valence-corrected chi connectivity index (χ0v) is 9.61. The van der Waals surface area contributed by atoms with E-state index in [1.807, 2.05) is 12.1 Å². The van der Waals surface area contributed by atoms with Crippen molar-refractivity contribution >= 4 is 5.82 Å². The van der Waals surface area contributed by atoms with Crippen molar-refractivity contribution in [1.82, 2.24) is 4.98 Å². The van der Waals surface area contributed by atoms with Crippen molar-refractivity contribution in [1.29, 1.82) is 0 Å². The zero-order valence-electron chi connectivity index (χ0n) is 9.61. The molecular weight excluding hydrogens is 206 g/mol. The molecule has 0 saturated carbocycles. The van der Waals surface area contributed by atoms with Crippen LogP contribution in [0, 0.1) is 0 Å². The van der Waals surface area contributed by atoms with Gasteiger partial charge in [-0.25, -0.2) is 10.8 Å². The van der Waals surface area contributed by atoms with E-state index in [1.165, 1.54) is 0 Å². The molecule has 0 aromatic carbocycles. The Labute approximate surface area is 95.9 Å². The quantitative estimate of drug-likeness (QED) is 0.396. The van der Waals surface area contributed by atoms with E-state index in [0.29, 0.717) is 25.6 Å².